The Labute approximate surface area is 135 Å². The maximum Gasteiger partial charge on any atom is 0.138 e. The minimum atomic E-state index is 0.222. The summed E-state index contributed by atoms with van der Waals surface area (Å²) in [6.45, 7) is 0. The van der Waals surface area contributed by atoms with Crippen molar-refractivity contribution in [1.29, 1.82) is 0 Å². The number of benzene rings is 2. The third kappa shape index (κ3) is 3.09. The van der Waals surface area contributed by atoms with Gasteiger partial charge in [-0.25, -0.2) is 9.98 Å². The van der Waals surface area contributed by atoms with Crippen LogP contribution in [0.4, 0.5) is 5.69 Å². The number of imidazole rings is 1. The van der Waals surface area contributed by atoms with Crippen molar-refractivity contribution in [3.05, 3.63) is 46.9 Å². The van der Waals surface area contributed by atoms with Gasteiger partial charge in [-0.2, -0.15) is 0 Å². The molecule has 3 aromatic rings. The predicted octanol–water partition coefficient (Wildman–Crippen LogP) is 4.22. The lowest BCUT2D eigenvalue weighted by Crippen LogP contribution is -2.12. The molecule has 0 fully saturated rings. The van der Waals surface area contributed by atoms with Gasteiger partial charge >= 0.3 is 0 Å². The Hall–Kier alpha value is -1.85. The first kappa shape index (κ1) is 14.1. The van der Waals surface area contributed by atoms with E-state index in [0.717, 1.165) is 32.6 Å². The van der Waals surface area contributed by atoms with Gasteiger partial charge < -0.3 is 10.7 Å². The largest absolute Gasteiger partial charge is 0.386 e. The number of hydrogen-bond acceptors (Lipinski definition) is 2. The number of fused-ring (bicyclic) bond motifs is 1. The van der Waals surface area contributed by atoms with Crippen LogP contribution in [0.25, 0.3) is 22.4 Å². The zero-order valence-electron chi connectivity index (χ0n) is 11.0. The molecule has 0 radical (unpaired) electrons. The first-order valence-electron chi connectivity index (χ1n) is 6.30. The zero-order chi connectivity index (χ0) is 14.8. The van der Waals surface area contributed by atoms with Crippen molar-refractivity contribution in [3.63, 3.8) is 0 Å². The maximum atomic E-state index is 5.61. The van der Waals surface area contributed by atoms with Crippen LogP contribution in [0.3, 0.4) is 0 Å². The average Bonchev–Trinajstić information content (AvgIpc) is 2.90. The second-order valence-corrected chi connectivity index (χ2v) is 5.71. The number of nitrogens with one attached hydrogen (secondary N) is 1. The van der Waals surface area contributed by atoms with E-state index in [9.17, 15) is 0 Å². The lowest BCUT2D eigenvalue weighted by molar-refractivity contribution is 1.33. The van der Waals surface area contributed by atoms with Gasteiger partial charge in [-0.05, 0) is 42.5 Å². The Morgan fingerprint density at radius 1 is 1.24 bits per heavy atom. The summed E-state index contributed by atoms with van der Waals surface area (Å²) in [6.07, 6.45) is 0. The fraction of sp³-hybridized carbons (Fsp3) is 0.0667. The van der Waals surface area contributed by atoms with Crippen LogP contribution in [-0.2, 0) is 0 Å². The van der Waals surface area contributed by atoms with Crippen molar-refractivity contribution in [2.45, 2.75) is 0 Å². The Morgan fingerprint density at radius 3 is 2.71 bits per heavy atom. The van der Waals surface area contributed by atoms with Crippen molar-refractivity contribution in [2.24, 2.45) is 10.7 Å². The third-order valence-corrected chi connectivity index (χ3v) is 3.76. The highest BCUT2D eigenvalue weighted by molar-refractivity contribution is 9.10. The first-order chi connectivity index (χ1) is 10.2. The van der Waals surface area contributed by atoms with Gasteiger partial charge in [0.1, 0.15) is 11.7 Å². The molecule has 3 rings (SSSR count). The van der Waals surface area contributed by atoms with E-state index in [-0.39, 0.29) is 5.88 Å². The molecule has 0 unspecified atom stereocenters. The molecule has 0 saturated carbocycles. The molecule has 0 aliphatic carbocycles. The van der Waals surface area contributed by atoms with Gasteiger partial charge in [-0.15, -0.1) is 11.6 Å². The van der Waals surface area contributed by atoms with E-state index in [4.69, 9.17) is 17.3 Å². The third-order valence-electron chi connectivity index (χ3n) is 2.99. The molecule has 2 aromatic carbocycles. The number of aliphatic imine (C=N–C) groups is 1. The number of hydrogen-bond donors (Lipinski definition) is 2. The van der Waals surface area contributed by atoms with Gasteiger partial charge in [-0.3, -0.25) is 0 Å². The predicted molar refractivity (Wildman–Crippen MR) is 91.2 cm³/mol. The van der Waals surface area contributed by atoms with Crippen molar-refractivity contribution < 1.29 is 0 Å². The van der Waals surface area contributed by atoms with E-state index in [0.29, 0.717) is 5.84 Å². The fourth-order valence-electron chi connectivity index (χ4n) is 2.01. The molecule has 1 heterocycles. The van der Waals surface area contributed by atoms with Crippen LogP contribution >= 0.6 is 27.5 Å². The summed E-state index contributed by atoms with van der Waals surface area (Å²) in [5.74, 6) is 1.45. The summed E-state index contributed by atoms with van der Waals surface area (Å²) in [7, 11) is 0. The highest BCUT2D eigenvalue weighted by Crippen LogP contribution is 2.24. The summed E-state index contributed by atoms with van der Waals surface area (Å²) >= 11 is 9.06. The highest BCUT2D eigenvalue weighted by Gasteiger charge is 2.05. The monoisotopic (exact) mass is 362 g/mol. The lowest BCUT2D eigenvalue weighted by atomic mass is 10.2. The highest BCUT2D eigenvalue weighted by atomic mass is 79.9. The topological polar surface area (TPSA) is 67.1 Å². The van der Waals surface area contributed by atoms with E-state index < -0.39 is 0 Å². The number of nitrogens with zero attached hydrogens (tertiary/aromatic N) is 2. The molecule has 0 aliphatic rings. The minimum Gasteiger partial charge on any atom is -0.386 e. The van der Waals surface area contributed by atoms with Crippen LogP contribution < -0.4 is 5.73 Å². The van der Waals surface area contributed by atoms with Crippen LogP contribution in [0.1, 0.15) is 0 Å². The molecule has 0 aliphatic heterocycles. The van der Waals surface area contributed by atoms with Crippen LogP contribution in [0.5, 0.6) is 0 Å². The normalized spacial score (nSPS) is 12.0. The zero-order valence-corrected chi connectivity index (χ0v) is 13.3. The second kappa shape index (κ2) is 5.87. The van der Waals surface area contributed by atoms with Crippen LogP contribution in [-0.4, -0.2) is 21.7 Å². The van der Waals surface area contributed by atoms with Gasteiger partial charge in [0.2, 0.25) is 0 Å². The van der Waals surface area contributed by atoms with E-state index in [1.165, 1.54) is 0 Å². The SMILES string of the molecule is NC(CCl)=Nc1ccc(-c2nc3ccc(Br)cc3[nH]2)cc1. The molecular weight excluding hydrogens is 352 g/mol. The molecule has 0 amide bonds. The number of halogens is 2. The first-order valence-corrected chi connectivity index (χ1v) is 7.63. The van der Waals surface area contributed by atoms with Crippen LogP contribution in [0, 0.1) is 0 Å². The number of nitrogens with two attached hydrogens (primary N) is 1. The molecule has 0 atom stereocenters. The maximum absolute atomic E-state index is 5.61. The number of alkyl halides is 1. The summed E-state index contributed by atoms with van der Waals surface area (Å²) in [4.78, 5) is 12.1. The van der Waals surface area contributed by atoms with Gasteiger partial charge in [-0.1, -0.05) is 15.9 Å². The van der Waals surface area contributed by atoms with Crippen molar-refractivity contribution in [3.8, 4) is 11.4 Å². The summed E-state index contributed by atoms with van der Waals surface area (Å²) < 4.78 is 1.02. The van der Waals surface area contributed by atoms with Gasteiger partial charge in [0.05, 0.1) is 22.6 Å². The number of aromatic nitrogens is 2. The molecule has 106 valence electrons. The Kier molecular flexibility index (Phi) is 3.94. The van der Waals surface area contributed by atoms with Crippen LogP contribution in [0.2, 0.25) is 0 Å². The standard InChI is InChI=1S/C15H12BrClN4/c16-10-3-6-12-13(7-10)21-15(20-12)9-1-4-11(5-2-9)19-14(18)8-17/h1-7H,8H2,(H2,18,19)(H,20,21). The van der Waals surface area contributed by atoms with Crippen molar-refractivity contribution in [1.82, 2.24) is 9.97 Å². The fourth-order valence-corrected chi connectivity index (χ4v) is 2.43. The molecule has 4 nitrogen and oxygen atoms in total. The Morgan fingerprint density at radius 2 is 2.00 bits per heavy atom. The van der Waals surface area contributed by atoms with E-state index in [1.54, 1.807) is 0 Å². The minimum absolute atomic E-state index is 0.222. The summed E-state index contributed by atoms with van der Waals surface area (Å²) in [5.41, 5.74) is 9.31. The van der Waals surface area contributed by atoms with E-state index >= 15 is 0 Å². The number of H-pyrrole nitrogens is 1. The number of amidine groups is 1. The molecule has 0 bridgehead atoms. The second-order valence-electron chi connectivity index (χ2n) is 4.53. The van der Waals surface area contributed by atoms with E-state index in [1.807, 2.05) is 42.5 Å². The summed E-state index contributed by atoms with van der Waals surface area (Å²) in [5, 5.41) is 0. The van der Waals surface area contributed by atoms with Gasteiger partial charge in [0.15, 0.2) is 0 Å². The molecule has 0 saturated heterocycles. The molecule has 3 N–H and O–H groups in total. The van der Waals surface area contributed by atoms with Crippen LogP contribution in [0.15, 0.2) is 51.9 Å². The van der Waals surface area contributed by atoms with Gasteiger partial charge in [0.25, 0.3) is 0 Å². The summed E-state index contributed by atoms with van der Waals surface area (Å²) in [6, 6.07) is 13.6. The van der Waals surface area contributed by atoms with Gasteiger partial charge in [0, 0.05) is 10.0 Å². The molecule has 1 aromatic heterocycles. The van der Waals surface area contributed by atoms with E-state index in [2.05, 4.69) is 30.9 Å². The Bertz CT molecular complexity index is 808. The smallest absolute Gasteiger partial charge is 0.138 e. The Balaban J connectivity index is 1.95. The molecule has 21 heavy (non-hydrogen) atoms. The average molecular weight is 364 g/mol. The number of aromatic amines is 1. The molecule has 6 heteroatoms. The number of rotatable bonds is 3. The molecule has 0 spiro atoms. The lowest BCUT2D eigenvalue weighted by Gasteiger charge is -1.99. The van der Waals surface area contributed by atoms with Crippen molar-refractivity contribution in [2.75, 3.05) is 5.88 Å². The van der Waals surface area contributed by atoms with Crippen molar-refractivity contribution >= 4 is 50.1 Å². The quantitative estimate of drug-likeness (QED) is 0.415. The molecular formula is C15H12BrClN4.